The molecule has 0 aliphatic heterocycles. The maximum Gasteiger partial charge on any atom is 0.166 e. The first kappa shape index (κ1) is 10.9. The van der Waals surface area contributed by atoms with E-state index < -0.39 is 0 Å². The molecule has 0 aromatic heterocycles. The van der Waals surface area contributed by atoms with E-state index in [-0.39, 0.29) is 0 Å². The van der Waals surface area contributed by atoms with E-state index in [0.29, 0.717) is 6.04 Å². The first-order valence-corrected chi connectivity index (χ1v) is 6.23. The van der Waals surface area contributed by atoms with Crippen LogP contribution in [0, 0.1) is 0 Å². The SMILES string of the molecule is S=C(NCc1ccc(Br)cc1)NC1CC1. The quantitative estimate of drug-likeness (QED) is 0.835. The van der Waals surface area contributed by atoms with E-state index in [2.05, 4.69) is 38.7 Å². The van der Waals surface area contributed by atoms with Crippen molar-refractivity contribution in [2.75, 3.05) is 0 Å². The van der Waals surface area contributed by atoms with E-state index >= 15 is 0 Å². The van der Waals surface area contributed by atoms with Gasteiger partial charge in [0.1, 0.15) is 0 Å². The third-order valence-electron chi connectivity index (χ3n) is 2.28. The van der Waals surface area contributed by atoms with Crippen molar-refractivity contribution in [1.29, 1.82) is 0 Å². The minimum absolute atomic E-state index is 0.620. The molecule has 4 heteroatoms. The Bertz CT molecular complexity index is 346. The highest BCUT2D eigenvalue weighted by molar-refractivity contribution is 9.10. The Morgan fingerprint density at radius 2 is 2.00 bits per heavy atom. The summed E-state index contributed by atoms with van der Waals surface area (Å²) in [6.45, 7) is 0.784. The Labute approximate surface area is 104 Å². The smallest absolute Gasteiger partial charge is 0.166 e. The molecule has 1 aliphatic carbocycles. The Morgan fingerprint density at radius 3 is 2.60 bits per heavy atom. The molecule has 0 amide bonds. The highest BCUT2D eigenvalue weighted by Gasteiger charge is 2.21. The van der Waals surface area contributed by atoms with Crippen molar-refractivity contribution in [3.63, 3.8) is 0 Å². The van der Waals surface area contributed by atoms with Gasteiger partial charge in [-0.25, -0.2) is 0 Å². The van der Waals surface area contributed by atoms with Gasteiger partial charge in [0.15, 0.2) is 5.11 Å². The molecule has 0 radical (unpaired) electrons. The van der Waals surface area contributed by atoms with E-state index in [4.69, 9.17) is 12.2 Å². The summed E-state index contributed by atoms with van der Waals surface area (Å²) in [7, 11) is 0. The second kappa shape index (κ2) is 4.94. The van der Waals surface area contributed by atoms with Gasteiger partial charge in [-0.1, -0.05) is 28.1 Å². The zero-order valence-electron chi connectivity index (χ0n) is 8.29. The summed E-state index contributed by atoms with van der Waals surface area (Å²) in [5.41, 5.74) is 1.23. The predicted molar refractivity (Wildman–Crippen MR) is 69.7 cm³/mol. The van der Waals surface area contributed by atoms with Crippen LogP contribution in [0.2, 0.25) is 0 Å². The molecule has 0 bridgehead atoms. The summed E-state index contributed by atoms with van der Waals surface area (Å²) in [6.07, 6.45) is 2.50. The Balaban J connectivity index is 1.76. The molecule has 0 heterocycles. The first-order valence-electron chi connectivity index (χ1n) is 5.03. The van der Waals surface area contributed by atoms with Gasteiger partial charge in [-0.3, -0.25) is 0 Å². The fourth-order valence-corrected chi connectivity index (χ4v) is 1.75. The maximum atomic E-state index is 5.16. The lowest BCUT2D eigenvalue weighted by Gasteiger charge is -2.09. The van der Waals surface area contributed by atoms with Crippen molar-refractivity contribution >= 4 is 33.3 Å². The largest absolute Gasteiger partial charge is 0.360 e. The molecule has 0 atom stereocenters. The zero-order valence-corrected chi connectivity index (χ0v) is 10.7. The summed E-state index contributed by atoms with van der Waals surface area (Å²) in [6, 6.07) is 8.85. The molecule has 1 aromatic rings. The summed E-state index contributed by atoms with van der Waals surface area (Å²) in [5.74, 6) is 0. The molecular formula is C11H13BrN2S. The fraction of sp³-hybridized carbons (Fsp3) is 0.364. The highest BCUT2D eigenvalue weighted by Crippen LogP contribution is 2.18. The van der Waals surface area contributed by atoms with Gasteiger partial charge in [0.25, 0.3) is 0 Å². The van der Waals surface area contributed by atoms with Crippen LogP contribution >= 0.6 is 28.1 Å². The van der Waals surface area contributed by atoms with Crippen molar-refractivity contribution in [3.8, 4) is 0 Å². The van der Waals surface area contributed by atoms with Gasteiger partial charge in [0, 0.05) is 17.1 Å². The number of nitrogens with one attached hydrogen (secondary N) is 2. The molecule has 15 heavy (non-hydrogen) atoms. The van der Waals surface area contributed by atoms with Crippen LogP contribution in [0.1, 0.15) is 18.4 Å². The van der Waals surface area contributed by atoms with E-state index in [1.54, 1.807) is 0 Å². The minimum Gasteiger partial charge on any atom is -0.360 e. The third kappa shape index (κ3) is 3.80. The van der Waals surface area contributed by atoms with Crippen LogP contribution in [0.4, 0.5) is 0 Å². The topological polar surface area (TPSA) is 24.1 Å². The summed E-state index contributed by atoms with van der Waals surface area (Å²) < 4.78 is 1.10. The molecule has 1 aromatic carbocycles. The first-order chi connectivity index (χ1) is 7.24. The molecule has 80 valence electrons. The maximum absolute atomic E-state index is 5.16. The molecule has 1 saturated carbocycles. The molecule has 2 rings (SSSR count). The van der Waals surface area contributed by atoms with Gasteiger partial charge in [-0.05, 0) is 42.8 Å². The Hall–Kier alpha value is -0.610. The molecule has 0 saturated heterocycles. The molecule has 2 N–H and O–H groups in total. The second-order valence-corrected chi connectivity index (χ2v) is 5.05. The summed E-state index contributed by atoms with van der Waals surface area (Å²) >= 11 is 8.57. The van der Waals surface area contributed by atoms with Gasteiger partial charge in [-0.15, -0.1) is 0 Å². The summed E-state index contributed by atoms with van der Waals surface area (Å²) in [5, 5.41) is 7.21. The van der Waals surface area contributed by atoms with E-state index in [0.717, 1.165) is 16.1 Å². The van der Waals surface area contributed by atoms with Crippen molar-refractivity contribution in [2.24, 2.45) is 0 Å². The van der Waals surface area contributed by atoms with Gasteiger partial charge >= 0.3 is 0 Å². The fourth-order valence-electron chi connectivity index (χ4n) is 1.25. The lowest BCUT2D eigenvalue weighted by molar-refractivity contribution is 0.829. The van der Waals surface area contributed by atoms with Gasteiger partial charge in [0.2, 0.25) is 0 Å². The van der Waals surface area contributed by atoms with Gasteiger partial charge in [0.05, 0.1) is 0 Å². The van der Waals surface area contributed by atoms with Crippen molar-refractivity contribution in [1.82, 2.24) is 10.6 Å². The second-order valence-electron chi connectivity index (χ2n) is 3.73. The lowest BCUT2D eigenvalue weighted by Crippen LogP contribution is -2.35. The Morgan fingerprint density at radius 1 is 1.33 bits per heavy atom. The summed E-state index contributed by atoms with van der Waals surface area (Å²) in [4.78, 5) is 0. The predicted octanol–water partition coefficient (Wildman–Crippen LogP) is 2.58. The molecule has 2 nitrogen and oxygen atoms in total. The lowest BCUT2D eigenvalue weighted by atomic mass is 10.2. The monoisotopic (exact) mass is 284 g/mol. The van der Waals surface area contributed by atoms with Crippen LogP contribution in [0.3, 0.4) is 0 Å². The number of thiocarbonyl (C=S) groups is 1. The number of hydrogen-bond donors (Lipinski definition) is 2. The average molecular weight is 285 g/mol. The standard InChI is InChI=1S/C11H13BrN2S/c12-9-3-1-8(2-4-9)7-13-11(15)14-10-5-6-10/h1-4,10H,5-7H2,(H2,13,14,15). The Kier molecular flexibility index (Phi) is 3.59. The minimum atomic E-state index is 0.620. The van der Waals surface area contributed by atoms with Crippen LogP contribution in [0.5, 0.6) is 0 Å². The van der Waals surface area contributed by atoms with Crippen LogP contribution in [0.15, 0.2) is 28.7 Å². The number of benzene rings is 1. The highest BCUT2D eigenvalue weighted by atomic mass is 79.9. The molecular weight excluding hydrogens is 272 g/mol. The average Bonchev–Trinajstić information content (AvgIpc) is 3.01. The molecule has 0 spiro atoms. The van der Waals surface area contributed by atoms with Gasteiger partial charge < -0.3 is 10.6 Å². The number of rotatable bonds is 3. The van der Waals surface area contributed by atoms with Crippen LogP contribution in [0.25, 0.3) is 0 Å². The van der Waals surface area contributed by atoms with Gasteiger partial charge in [-0.2, -0.15) is 0 Å². The third-order valence-corrected chi connectivity index (χ3v) is 3.07. The normalized spacial score (nSPS) is 14.7. The van der Waals surface area contributed by atoms with Crippen LogP contribution in [-0.4, -0.2) is 11.2 Å². The molecule has 1 aliphatic rings. The zero-order chi connectivity index (χ0) is 10.7. The number of hydrogen-bond acceptors (Lipinski definition) is 1. The van der Waals surface area contributed by atoms with Crippen LogP contribution in [-0.2, 0) is 6.54 Å². The van der Waals surface area contributed by atoms with Crippen molar-refractivity contribution < 1.29 is 0 Å². The van der Waals surface area contributed by atoms with E-state index in [1.165, 1.54) is 18.4 Å². The molecule has 0 unspecified atom stereocenters. The number of halogens is 1. The van der Waals surface area contributed by atoms with Crippen LogP contribution < -0.4 is 10.6 Å². The molecule has 1 fully saturated rings. The van der Waals surface area contributed by atoms with E-state index in [1.807, 2.05) is 12.1 Å². The van der Waals surface area contributed by atoms with Crippen molar-refractivity contribution in [2.45, 2.75) is 25.4 Å². The van der Waals surface area contributed by atoms with E-state index in [9.17, 15) is 0 Å². The van der Waals surface area contributed by atoms with Crippen molar-refractivity contribution in [3.05, 3.63) is 34.3 Å².